The minimum Gasteiger partial charge on any atom is -0.427 e. The van der Waals surface area contributed by atoms with Crippen LogP contribution in [-0.4, -0.2) is 41.7 Å². The Kier molecular flexibility index (Phi) is 4.23. The Morgan fingerprint density at radius 1 is 1.31 bits per heavy atom. The molecule has 1 aliphatic heterocycles. The Balaban J connectivity index is 2.22. The molecule has 4 heteroatoms. The summed E-state index contributed by atoms with van der Waals surface area (Å²) in [5.74, 6) is 0.805. The van der Waals surface area contributed by atoms with Gasteiger partial charge in [-0.25, -0.2) is 0 Å². The number of likely N-dealkylation sites (tertiary alicyclic amines) is 1. The number of rotatable bonds is 3. The van der Waals surface area contributed by atoms with Crippen molar-refractivity contribution < 1.29 is 10.0 Å². The van der Waals surface area contributed by atoms with Gasteiger partial charge in [-0.1, -0.05) is 13.8 Å². The fraction of sp³-hybridized carbons (Fsp3) is 1.00. The third kappa shape index (κ3) is 3.67. The molecule has 0 aromatic rings. The van der Waals surface area contributed by atoms with E-state index in [0.29, 0.717) is 5.92 Å². The van der Waals surface area contributed by atoms with Gasteiger partial charge in [-0.2, -0.15) is 0 Å². The SMILES string of the molecule is CC(C)CN1CCC(B(O)O)CC1. The van der Waals surface area contributed by atoms with Gasteiger partial charge in [0.25, 0.3) is 0 Å². The summed E-state index contributed by atoms with van der Waals surface area (Å²) >= 11 is 0. The molecular formula is C9H20BNO2. The fourth-order valence-corrected chi connectivity index (χ4v) is 1.95. The number of piperidine rings is 1. The molecule has 0 aromatic heterocycles. The van der Waals surface area contributed by atoms with Crippen molar-refractivity contribution in [3.8, 4) is 0 Å². The van der Waals surface area contributed by atoms with Gasteiger partial charge in [0.15, 0.2) is 0 Å². The minimum absolute atomic E-state index is 0.100. The van der Waals surface area contributed by atoms with Crippen LogP contribution in [0.5, 0.6) is 0 Å². The Morgan fingerprint density at radius 3 is 2.23 bits per heavy atom. The van der Waals surface area contributed by atoms with Crippen molar-refractivity contribution in [2.45, 2.75) is 32.5 Å². The summed E-state index contributed by atoms with van der Waals surface area (Å²) in [7, 11) is -1.11. The zero-order valence-electron chi connectivity index (χ0n) is 8.61. The zero-order valence-corrected chi connectivity index (χ0v) is 8.61. The highest BCUT2D eigenvalue weighted by Crippen LogP contribution is 2.23. The van der Waals surface area contributed by atoms with E-state index in [4.69, 9.17) is 10.0 Å². The van der Waals surface area contributed by atoms with Crippen LogP contribution in [0.15, 0.2) is 0 Å². The molecule has 0 saturated carbocycles. The van der Waals surface area contributed by atoms with E-state index >= 15 is 0 Å². The van der Waals surface area contributed by atoms with E-state index in [9.17, 15) is 0 Å². The van der Waals surface area contributed by atoms with Crippen molar-refractivity contribution in [3.05, 3.63) is 0 Å². The smallest absolute Gasteiger partial charge is 0.427 e. The molecule has 1 fully saturated rings. The molecule has 0 spiro atoms. The van der Waals surface area contributed by atoms with E-state index in [1.807, 2.05) is 0 Å². The van der Waals surface area contributed by atoms with Gasteiger partial charge in [0, 0.05) is 6.54 Å². The molecule has 3 nitrogen and oxygen atoms in total. The number of hydrogen-bond acceptors (Lipinski definition) is 3. The monoisotopic (exact) mass is 185 g/mol. The average Bonchev–Trinajstić information content (AvgIpc) is 2.04. The number of hydrogen-bond donors (Lipinski definition) is 2. The standard InChI is InChI=1S/C9H20BNO2/c1-8(2)7-11-5-3-9(4-6-11)10(12)13/h8-9,12-13H,3-7H2,1-2H3. The molecule has 1 rings (SSSR count). The molecular weight excluding hydrogens is 165 g/mol. The van der Waals surface area contributed by atoms with Crippen molar-refractivity contribution in [2.75, 3.05) is 19.6 Å². The van der Waals surface area contributed by atoms with Gasteiger partial charge in [-0.05, 0) is 37.7 Å². The van der Waals surface area contributed by atoms with Crippen LogP contribution in [0.4, 0.5) is 0 Å². The van der Waals surface area contributed by atoms with E-state index in [1.54, 1.807) is 0 Å². The van der Waals surface area contributed by atoms with E-state index in [2.05, 4.69) is 18.7 Å². The first-order valence-corrected chi connectivity index (χ1v) is 5.18. The topological polar surface area (TPSA) is 43.7 Å². The van der Waals surface area contributed by atoms with Gasteiger partial charge in [0.2, 0.25) is 0 Å². The molecule has 1 aliphatic rings. The largest absolute Gasteiger partial charge is 0.454 e. The zero-order chi connectivity index (χ0) is 9.84. The lowest BCUT2D eigenvalue weighted by molar-refractivity contribution is 0.194. The first-order valence-electron chi connectivity index (χ1n) is 5.18. The Morgan fingerprint density at radius 2 is 1.85 bits per heavy atom. The molecule has 1 heterocycles. The minimum atomic E-state index is -1.11. The predicted molar refractivity (Wildman–Crippen MR) is 54.5 cm³/mol. The van der Waals surface area contributed by atoms with Crippen LogP contribution in [0.2, 0.25) is 5.82 Å². The second-order valence-corrected chi connectivity index (χ2v) is 4.45. The summed E-state index contributed by atoms with van der Waals surface area (Å²) in [5.41, 5.74) is 0. The molecule has 76 valence electrons. The maximum atomic E-state index is 8.98. The first kappa shape index (κ1) is 11.0. The average molecular weight is 185 g/mol. The van der Waals surface area contributed by atoms with E-state index in [0.717, 1.165) is 32.5 Å². The van der Waals surface area contributed by atoms with E-state index in [1.165, 1.54) is 0 Å². The van der Waals surface area contributed by atoms with Crippen LogP contribution in [0.3, 0.4) is 0 Å². The lowest BCUT2D eigenvalue weighted by Gasteiger charge is -2.32. The Hall–Kier alpha value is -0.0551. The normalized spacial score (nSPS) is 21.0. The van der Waals surface area contributed by atoms with Crippen molar-refractivity contribution in [2.24, 2.45) is 5.92 Å². The molecule has 0 bridgehead atoms. The van der Waals surface area contributed by atoms with Crippen LogP contribution in [0.1, 0.15) is 26.7 Å². The predicted octanol–water partition coefficient (Wildman–Crippen LogP) is 0.581. The van der Waals surface area contributed by atoms with Crippen molar-refractivity contribution in [1.29, 1.82) is 0 Å². The van der Waals surface area contributed by atoms with Gasteiger partial charge in [0.1, 0.15) is 0 Å². The molecule has 0 amide bonds. The summed E-state index contributed by atoms with van der Waals surface area (Å²) in [6, 6.07) is 0. The highest BCUT2D eigenvalue weighted by molar-refractivity contribution is 6.43. The highest BCUT2D eigenvalue weighted by atomic mass is 16.4. The van der Waals surface area contributed by atoms with Crippen molar-refractivity contribution in [3.63, 3.8) is 0 Å². The fourth-order valence-electron chi connectivity index (χ4n) is 1.95. The maximum Gasteiger partial charge on any atom is 0.454 e. The van der Waals surface area contributed by atoms with Crippen molar-refractivity contribution >= 4 is 7.12 Å². The molecule has 13 heavy (non-hydrogen) atoms. The van der Waals surface area contributed by atoms with Crippen LogP contribution in [0.25, 0.3) is 0 Å². The summed E-state index contributed by atoms with van der Waals surface area (Å²) in [6.45, 7) is 7.59. The molecule has 0 aliphatic carbocycles. The molecule has 0 atom stereocenters. The van der Waals surface area contributed by atoms with Crippen LogP contribution in [-0.2, 0) is 0 Å². The molecule has 1 saturated heterocycles. The van der Waals surface area contributed by atoms with Gasteiger partial charge in [-0.3, -0.25) is 0 Å². The van der Waals surface area contributed by atoms with Gasteiger partial charge in [0.05, 0.1) is 0 Å². The quantitative estimate of drug-likeness (QED) is 0.632. The van der Waals surface area contributed by atoms with Crippen LogP contribution in [0, 0.1) is 5.92 Å². The summed E-state index contributed by atoms with van der Waals surface area (Å²) < 4.78 is 0. The number of nitrogens with zero attached hydrogens (tertiary/aromatic N) is 1. The van der Waals surface area contributed by atoms with Gasteiger partial charge >= 0.3 is 7.12 Å². The Bertz CT molecular complexity index is 145. The summed E-state index contributed by atoms with van der Waals surface area (Å²) in [5, 5.41) is 18.0. The van der Waals surface area contributed by atoms with E-state index < -0.39 is 7.12 Å². The molecule has 2 N–H and O–H groups in total. The first-order chi connectivity index (χ1) is 6.09. The highest BCUT2D eigenvalue weighted by Gasteiger charge is 2.27. The van der Waals surface area contributed by atoms with Gasteiger partial charge in [-0.15, -0.1) is 0 Å². The van der Waals surface area contributed by atoms with Gasteiger partial charge < -0.3 is 14.9 Å². The molecule has 0 radical (unpaired) electrons. The third-order valence-electron chi connectivity index (χ3n) is 2.68. The lowest BCUT2D eigenvalue weighted by Crippen LogP contribution is -2.38. The summed E-state index contributed by atoms with van der Waals surface area (Å²) in [4.78, 5) is 2.41. The molecule has 0 unspecified atom stereocenters. The third-order valence-corrected chi connectivity index (χ3v) is 2.68. The maximum absolute atomic E-state index is 8.98. The van der Waals surface area contributed by atoms with Crippen LogP contribution >= 0.6 is 0 Å². The summed E-state index contributed by atoms with van der Waals surface area (Å²) in [6.07, 6.45) is 1.84. The second-order valence-electron chi connectivity index (χ2n) is 4.45. The van der Waals surface area contributed by atoms with Crippen LogP contribution < -0.4 is 0 Å². The van der Waals surface area contributed by atoms with Crippen molar-refractivity contribution in [1.82, 2.24) is 4.90 Å². The molecule has 0 aromatic carbocycles. The lowest BCUT2D eigenvalue weighted by atomic mass is 9.67. The second kappa shape index (κ2) is 4.98. The van der Waals surface area contributed by atoms with E-state index in [-0.39, 0.29) is 5.82 Å². The Labute approximate surface area is 80.9 Å².